The third-order valence-electron chi connectivity index (χ3n) is 2.25. The van der Waals surface area contributed by atoms with Gasteiger partial charge in [-0.25, -0.2) is 13.1 Å². The second-order valence-electron chi connectivity index (χ2n) is 3.63. The van der Waals surface area contributed by atoms with Gasteiger partial charge in [-0.1, -0.05) is 30.3 Å². The van der Waals surface area contributed by atoms with E-state index in [4.69, 9.17) is 4.74 Å². The van der Waals surface area contributed by atoms with Crippen LogP contribution in [-0.4, -0.2) is 39.7 Å². The third-order valence-corrected chi connectivity index (χ3v) is 3.54. The topological polar surface area (TPSA) is 72.5 Å². The highest BCUT2D eigenvalue weighted by Crippen LogP contribution is 1.99. The fourth-order valence-corrected chi connectivity index (χ4v) is 2.12. The lowest BCUT2D eigenvalue weighted by Gasteiger charge is -2.06. The molecule has 0 heterocycles. The van der Waals surface area contributed by atoms with Crippen molar-refractivity contribution in [2.45, 2.75) is 6.92 Å². The van der Waals surface area contributed by atoms with Crippen molar-refractivity contribution in [2.24, 2.45) is 0 Å². The zero-order valence-corrected chi connectivity index (χ0v) is 11.1. The van der Waals surface area contributed by atoms with Gasteiger partial charge in [0.15, 0.2) is 5.78 Å². The molecule has 100 valence electrons. The minimum Gasteiger partial charge on any atom is -0.381 e. The summed E-state index contributed by atoms with van der Waals surface area (Å²) in [5.74, 6) is -0.390. The van der Waals surface area contributed by atoms with E-state index in [1.807, 2.05) is 0 Å². The second kappa shape index (κ2) is 7.25. The number of hydrogen-bond donors (Lipinski definition) is 1. The lowest BCUT2D eigenvalue weighted by atomic mass is 10.1. The quantitative estimate of drug-likeness (QED) is 0.561. The van der Waals surface area contributed by atoms with Crippen LogP contribution in [0.25, 0.3) is 0 Å². The Hall–Kier alpha value is -1.24. The number of carbonyl (C=O) groups is 1. The number of benzene rings is 1. The van der Waals surface area contributed by atoms with Gasteiger partial charge in [-0.05, 0) is 6.92 Å². The van der Waals surface area contributed by atoms with Crippen LogP contribution < -0.4 is 4.72 Å². The first-order valence-electron chi connectivity index (χ1n) is 5.68. The SMILES string of the molecule is CCOCCS(=O)(=O)NCC(=O)c1ccccc1. The Balaban J connectivity index is 2.43. The van der Waals surface area contributed by atoms with Crippen LogP contribution in [0.2, 0.25) is 0 Å². The molecular weight excluding hydrogens is 254 g/mol. The Morgan fingerprint density at radius 2 is 1.94 bits per heavy atom. The Kier molecular flexibility index (Phi) is 5.97. The molecule has 0 aromatic heterocycles. The maximum absolute atomic E-state index is 11.7. The van der Waals surface area contributed by atoms with Gasteiger partial charge in [0.2, 0.25) is 10.0 Å². The minimum atomic E-state index is -3.45. The normalized spacial score (nSPS) is 11.4. The smallest absolute Gasteiger partial charge is 0.214 e. The zero-order valence-electron chi connectivity index (χ0n) is 10.3. The van der Waals surface area contributed by atoms with E-state index >= 15 is 0 Å². The summed E-state index contributed by atoms with van der Waals surface area (Å²) in [6, 6.07) is 8.56. The highest BCUT2D eigenvalue weighted by molar-refractivity contribution is 7.89. The summed E-state index contributed by atoms with van der Waals surface area (Å²) in [5, 5.41) is 0. The van der Waals surface area contributed by atoms with E-state index in [0.717, 1.165) is 0 Å². The molecule has 0 saturated heterocycles. The maximum Gasteiger partial charge on any atom is 0.214 e. The fourth-order valence-electron chi connectivity index (χ4n) is 1.29. The summed E-state index contributed by atoms with van der Waals surface area (Å²) in [6.07, 6.45) is 0. The van der Waals surface area contributed by atoms with Gasteiger partial charge in [-0.15, -0.1) is 0 Å². The Morgan fingerprint density at radius 1 is 1.28 bits per heavy atom. The van der Waals surface area contributed by atoms with Crippen LogP contribution in [0.15, 0.2) is 30.3 Å². The summed E-state index contributed by atoms with van der Waals surface area (Å²) < 4.78 is 30.2. The fraction of sp³-hybridized carbons (Fsp3) is 0.417. The molecule has 0 saturated carbocycles. The molecule has 6 heteroatoms. The maximum atomic E-state index is 11.7. The number of nitrogens with one attached hydrogen (secondary N) is 1. The van der Waals surface area contributed by atoms with Gasteiger partial charge in [0, 0.05) is 12.2 Å². The van der Waals surface area contributed by atoms with Gasteiger partial charge in [-0.3, -0.25) is 4.79 Å². The zero-order chi connectivity index (χ0) is 13.4. The predicted octanol–water partition coefficient (Wildman–Crippen LogP) is 0.825. The molecular formula is C12H17NO4S. The highest BCUT2D eigenvalue weighted by atomic mass is 32.2. The van der Waals surface area contributed by atoms with Gasteiger partial charge < -0.3 is 4.74 Å². The molecule has 1 rings (SSSR count). The van der Waals surface area contributed by atoms with E-state index in [1.54, 1.807) is 37.3 Å². The average Bonchev–Trinajstić information content (AvgIpc) is 2.37. The molecule has 0 amide bonds. The lowest BCUT2D eigenvalue weighted by Crippen LogP contribution is -2.32. The van der Waals surface area contributed by atoms with Crippen molar-refractivity contribution in [1.29, 1.82) is 0 Å². The molecule has 0 radical (unpaired) electrons. The summed E-state index contributed by atoms with van der Waals surface area (Å²) in [6.45, 7) is 2.17. The number of sulfonamides is 1. The van der Waals surface area contributed by atoms with E-state index < -0.39 is 10.0 Å². The summed E-state index contributed by atoms with van der Waals surface area (Å²) >= 11 is 0. The van der Waals surface area contributed by atoms with Crippen molar-refractivity contribution in [3.05, 3.63) is 35.9 Å². The molecule has 0 aliphatic rings. The monoisotopic (exact) mass is 271 g/mol. The van der Waals surface area contributed by atoms with Gasteiger partial charge in [0.05, 0.1) is 18.9 Å². The first-order valence-corrected chi connectivity index (χ1v) is 7.33. The van der Waals surface area contributed by atoms with Crippen molar-refractivity contribution in [2.75, 3.05) is 25.5 Å². The molecule has 0 aliphatic carbocycles. The van der Waals surface area contributed by atoms with Crippen LogP contribution in [0.4, 0.5) is 0 Å². The van der Waals surface area contributed by atoms with Crippen molar-refractivity contribution in [3.63, 3.8) is 0 Å². The largest absolute Gasteiger partial charge is 0.381 e. The summed E-state index contributed by atoms with van der Waals surface area (Å²) in [5.41, 5.74) is 0.491. The first kappa shape index (κ1) is 14.8. The van der Waals surface area contributed by atoms with Gasteiger partial charge in [0.25, 0.3) is 0 Å². The Labute approximate surface area is 107 Å². The van der Waals surface area contributed by atoms with Crippen molar-refractivity contribution < 1.29 is 17.9 Å². The van der Waals surface area contributed by atoms with Crippen LogP contribution in [0.3, 0.4) is 0 Å². The molecule has 0 bridgehead atoms. The van der Waals surface area contributed by atoms with Gasteiger partial charge in [0.1, 0.15) is 0 Å². The number of ether oxygens (including phenoxy) is 1. The van der Waals surface area contributed by atoms with E-state index in [-0.39, 0.29) is 24.7 Å². The molecule has 1 aromatic rings. The third kappa shape index (κ3) is 5.39. The highest BCUT2D eigenvalue weighted by Gasteiger charge is 2.13. The molecule has 5 nitrogen and oxygen atoms in total. The standard InChI is InChI=1S/C12H17NO4S/c1-2-17-8-9-18(15,16)13-10-12(14)11-6-4-3-5-7-11/h3-7,13H,2,8-10H2,1H3. The molecule has 0 unspecified atom stereocenters. The molecule has 1 aromatic carbocycles. The second-order valence-corrected chi connectivity index (χ2v) is 5.55. The van der Waals surface area contributed by atoms with Gasteiger partial charge in [-0.2, -0.15) is 0 Å². The molecule has 0 aliphatic heterocycles. The lowest BCUT2D eigenvalue weighted by molar-refractivity contribution is 0.0996. The number of Topliss-reactive ketones (excluding diaryl/α,β-unsaturated/α-hetero) is 1. The van der Waals surface area contributed by atoms with E-state index in [2.05, 4.69) is 4.72 Å². The van der Waals surface area contributed by atoms with Crippen molar-refractivity contribution in [3.8, 4) is 0 Å². The van der Waals surface area contributed by atoms with Crippen LogP contribution in [0.1, 0.15) is 17.3 Å². The van der Waals surface area contributed by atoms with Gasteiger partial charge >= 0.3 is 0 Å². The summed E-state index contributed by atoms with van der Waals surface area (Å²) in [7, 11) is -3.45. The number of ketones is 1. The Morgan fingerprint density at radius 3 is 2.56 bits per heavy atom. The molecule has 0 atom stereocenters. The van der Waals surface area contributed by atoms with Crippen LogP contribution in [-0.2, 0) is 14.8 Å². The molecule has 1 N–H and O–H groups in total. The molecule has 0 fully saturated rings. The molecule has 0 spiro atoms. The van der Waals surface area contributed by atoms with Crippen molar-refractivity contribution >= 4 is 15.8 Å². The molecule has 18 heavy (non-hydrogen) atoms. The van der Waals surface area contributed by atoms with Crippen LogP contribution >= 0.6 is 0 Å². The number of hydrogen-bond acceptors (Lipinski definition) is 4. The van der Waals surface area contributed by atoms with E-state index in [0.29, 0.717) is 12.2 Å². The van der Waals surface area contributed by atoms with E-state index in [9.17, 15) is 13.2 Å². The number of carbonyl (C=O) groups excluding carboxylic acids is 1. The summed E-state index contributed by atoms with van der Waals surface area (Å²) in [4.78, 5) is 11.7. The van der Waals surface area contributed by atoms with Crippen molar-refractivity contribution in [1.82, 2.24) is 4.72 Å². The average molecular weight is 271 g/mol. The van der Waals surface area contributed by atoms with Crippen LogP contribution in [0.5, 0.6) is 0 Å². The Bertz CT molecular complexity index is 470. The van der Waals surface area contributed by atoms with Crippen LogP contribution in [0, 0.1) is 0 Å². The first-order chi connectivity index (χ1) is 8.55. The van der Waals surface area contributed by atoms with E-state index in [1.165, 1.54) is 0 Å². The predicted molar refractivity (Wildman–Crippen MR) is 69.1 cm³/mol. The minimum absolute atomic E-state index is 0.130. The number of rotatable bonds is 8.